The summed E-state index contributed by atoms with van der Waals surface area (Å²) in [4.78, 5) is 23.4. The molecule has 0 saturated carbocycles. The summed E-state index contributed by atoms with van der Waals surface area (Å²) in [6, 6.07) is 8.12. The molecule has 2 aromatic heterocycles. The quantitative estimate of drug-likeness (QED) is 0.500. The Balaban J connectivity index is 1.78. The average Bonchev–Trinajstić information content (AvgIpc) is 3.15. The third kappa shape index (κ3) is 4.14. The third-order valence-electron chi connectivity index (χ3n) is 3.61. The number of rotatable bonds is 7. The Labute approximate surface area is 143 Å². The van der Waals surface area contributed by atoms with Gasteiger partial charge in [0.25, 0.3) is 5.69 Å². The summed E-state index contributed by atoms with van der Waals surface area (Å²) in [5.41, 5.74) is 1.67. The van der Waals surface area contributed by atoms with Gasteiger partial charge in [-0.05, 0) is 18.6 Å². The Morgan fingerprint density at radius 2 is 2.04 bits per heavy atom. The average molecular weight is 339 g/mol. The first kappa shape index (κ1) is 16.5. The molecule has 1 aromatic carbocycles. The van der Waals surface area contributed by atoms with Crippen molar-refractivity contribution in [2.24, 2.45) is 0 Å². The summed E-state index contributed by atoms with van der Waals surface area (Å²) >= 11 is 0. The van der Waals surface area contributed by atoms with Crippen LogP contribution in [0.3, 0.4) is 0 Å². The van der Waals surface area contributed by atoms with Crippen molar-refractivity contribution in [2.75, 3.05) is 11.9 Å². The van der Waals surface area contributed by atoms with Crippen LogP contribution >= 0.6 is 0 Å². The normalized spacial score (nSPS) is 10.6. The predicted molar refractivity (Wildman–Crippen MR) is 92.1 cm³/mol. The highest BCUT2D eigenvalue weighted by atomic mass is 16.6. The number of anilines is 1. The molecule has 0 radical (unpaired) electrons. The molecule has 0 bridgehead atoms. The molecule has 128 valence electrons. The van der Waals surface area contributed by atoms with Gasteiger partial charge in [-0.15, -0.1) is 0 Å². The molecule has 2 N–H and O–H groups in total. The number of aryl methyl sites for hydroxylation is 1. The number of aromatic nitrogens is 5. The van der Waals surface area contributed by atoms with Gasteiger partial charge in [-0.2, -0.15) is 5.10 Å². The molecule has 25 heavy (non-hydrogen) atoms. The van der Waals surface area contributed by atoms with Gasteiger partial charge in [0.05, 0.1) is 4.92 Å². The highest BCUT2D eigenvalue weighted by Gasteiger charge is 2.09. The molecule has 0 aliphatic rings. The van der Waals surface area contributed by atoms with E-state index in [4.69, 9.17) is 0 Å². The molecule has 0 spiro atoms. The van der Waals surface area contributed by atoms with Crippen molar-refractivity contribution in [2.45, 2.75) is 19.8 Å². The molecule has 0 aliphatic carbocycles. The Kier molecular flexibility index (Phi) is 4.93. The van der Waals surface area contributed by atoms with Gasteiger partial charge in [0.15, 0.2) is 5.82 Å². The van der Waals surface area contributed by atoms with Gasteiger partial charge in [0.2, 0.25) is 0 Å². The van der Waals surface area contributed by atoms with Crippen LogP contribution in [0, 0.1) is 10.1 Å². The molecule has 0 atom stereocenters. The van der Waals surface area contributed by atoms with Crippen molar-refractivity contribution < 1.29 is 4.92 Å². The number of hydrogen-bond acceptors (Lipinski definition) is 7. The fourth-order valence-corrected chi connectivity index (χ4v) is 2.29. The Bertz CT molecular complexity index is 847. The topological polar surface area (TPSA) is 123 Å². The van der Waals surface area contributed by atoms with E-state index in [2.05, 4.69) is 30.5 Å². The summed E-state index contributed by atoms with van der Waals surface area (Å²) in [7, 11) is 0. The molecule has 9 heteroatoms. The minimum absolute atomic E-state index is 0.0424. The van der Waals surface area contributed by atoms with Crippen LogP contribution in [0.4, 0.5) is 11.5 Å². The summed E-state index contributed by atoms with van der Waals surface area (Å²) in [5, 5.41) is 20.6. The number of H-pyrrole nitrogens is 1. The standard InChI is InChI=1S/C16H17N7O2/c1-2-12-9-15(17-8-7-14-18-10-19-22-14)21-16(20-12)11-3-5-13(6-4-11)23(24)25/h3-6,9-10H,2,7-8H2,1H3,(H,17,20,21)(H,18,19,22). The van der Waals surface area contributed by atoms with E-state index in [9.17, 15) is 10.1 Å². The van der Waals surface area contributed by atoms with Crippen LogP contribution in [-0.2, 0) is 12.8 Å². The molecule has 0 unspecified atom stereocenters. The smallest absolute Gasteiger partial charge is 0.269 e. The lowest BCUT2D eigenvalue weighted by atomic mass is 10.2. The maximum absolute atomic E-state index is 10.8. The molecule has 0 saturated heterocycles. The molecular weight excluding hydrogens is 322 g/mol. The van der Waals surface area contributed by atoms with Gasteiger partial charge in [0.1, 0.15) is 18.0 Å². The molecule has 9 nitrogen and oxygen atoms in total. The van der Waals surface area contributed by atoms with Gasteiger partial charge in [-0.3, -0.25) is 15.2 Å². The van der Waals surface area contributed by atoms with Gasteiger partial charge in [-0.25, -0.2) is 15.0 Å². The number of nitro benzene ring substituents is 1. The summed E-state index contributed by atoms with van der Waals surface area (Å²) in [5.74, 6) is 2.05. The summed E-state index contributed by atoms with van der Waals surface area (Å²) in [6.07, 6.45) is 2.93. The van der Waals surface area contributed by atoms with Crippen LogP contribution in [0.25, 0.3) is 11.4 Å². The zero-order valence-corrected chi connectivity index (χ0v) is 13.6. The van der Waals surface area contributed by atoms with E-state index in [1.165, 1.54) is 18.5 Å². The number of nitrogens with one attached hydrogen (secondary N) is 2. The number of hydrogen-bond donors (Lipinski definition) is 2. The number of benzene rings is 1. The van der Waals surface area contributed by atoms with Crippen molar-refractivity contribution in [3.8, 4) is 11.4 Å². The Hall–Kier alpha value is -3.36. The lowest BCUT2D eigenvalue weighted by molar-refractivity contribution is -0.384. The highest BCUT2D eigenvalue weighted by Crippen LogP contribution is 2.21. The second kappa shape index (κ2) is 7.47. The molecular formula is C16H17N7O2. The Morgan fingerprint density at radius 3 is 2.68 bits per heavy atom. The van der Waals surface area contributed by atoms with Crippen molar-refractivity contribution in [3.05, 3.63) is 58.3 Å². The fourth-order valence-electron chi connectivity index (χ4n) is 2.29. The summed E-state index contributed by atoms with van der Waals surface area (Å²) < 4.78 is 0. The first-order chi connectivity index (χ1) is 12.2. The van der Waals surface area contributed by atoms with E-state index < -0.39 is 4.92 Å². The second-order valence-electron chi connectivity index (χ2n) is 5.33. The Morgan fingerprint density at radius 1 is 1.24 bits per heavy atom. The van der Waals surface area contributed by atoms with Gasteiger partial charge in [-0.1, -0.05) is 6.92 Å². The third-order valence-corrected chi connectivity index (χ3v) is 3.61. The zero-order valence-electron chi connectivity index (χ0n) is 13.6. The van der Waals surface area contributed by atoms with E-state index >= 15 is 0 Å². The molecule has 0 amide bonds. The van der Waals surface area contributed by atoms with Gasteiger partial charge >= 0.3 is 0 Å². The van der Waals surface area contributed by atoms with E-state index in [0.29, 0.717) is 24.6 Å². The fraction of sp³-hybridized carbons (Fsp3) is 0.250. The molecule has 0 aliphatic heterocycles. The van der Waals surface area contributed by atoms with Crippen LogP contribution in [0.15, 0.2) is 36.7 Å². The second-order valence-corrected chi connectivity index (χ2v) is 5.33. The van der Waals surface area contributed by atoms with Crippen LogP contribution in [-0.4, -0.2) is 36.6 Å². The van der Waals surface area contributed by atoms with E-state index in [1.54, 1.807) is 12.1 Å². The zero-order chi connectivity index (χ0) is 17.6. The lowest BCUT2D eigenvalue weighted by Crippen LogP contribution is -2.09. The number of nitrogens with zero attached hydrogens (tertiary/aromatic N) is 5. The van der Waals surface area contributed by atoms with E-state index in [-0.39, 0.29) is 5.69 Å². The first-order valence-electron chi connectivity index (χ1n) is 7.86. The minimum Gasteiger partial charge on any atom is -0.369 e. The number of nitro groups is 1. The summed E-state index contributed by atoms with van der Waals surface area (Å²) in [6.45, 7) is 2.66. The van der Waals surface area contributed by atoms with Crippen LogP contribution in [0.2, 0.25) is 0 Å². The van der Waals surface area contributed by atoms with Crippen LogP contribution in [0.1, 0.15) is 18.4 Å². The van der Waals surface area contributed by atoms with Crippen molar-refractivity contribution >= 4 is 11.5 Å². The van der Waals surface area contributed by atoms with Gasteiger partial charge < -0.3 is 5.32 Å². The van der Waals surface area contributed by atoms with Crippen molar-refractivity contribution in [1.82, 2.24) is 25.1 Å². The van der Waals surface area contributed by atoms with Crippen molar-refractivity contribution in [3.63, 3.8) is 0 Å². The monoisotopic (exact) mass is 339 g/mol. The largest absolute Gasteiger partial charge is 0.369 e. The minimum atomic E-state index is -0.427. The molecule has 3 rings (SSSR count). The molecule has 2 heterocycles. The van der Waals surface area contributed by atoms with Crippen molar-refractivity contribution in [1.29, 1.82) is 0 Å². The maximum Gasteiger partial charge on any atom is 0.269 e. The number of aromatic amines is 1. The maximum atomic E-state index is 10.8. The highest BCUT2D eigenvalue weighted by molar-refractivity contribution is 5.59. The van der Waals surface area contributed by atoms with Crippen LogP contribution in [0.5, 0.6) is 0 Å². The first-order valence-corrected chi connectivity index (χ1v) is 7.86. The lowest BCUT2D eigenvalue weighted by Gasteiger charge is -2.09. The molecule has 0 fully saturated rings. The van der Waals surface area contributed by atoms with Gasteiger partial charge in [0, 0.05) is 42.4 Å². The van der Waals surface area contributed by atoms with E-state index in [0.717, 1.165) is 23.5 Å². The SMILES string of the molecule is CCc1cc(NCCc2ncn[nH]2)nc(-c2ccc([N+](=O)[O-])cc2)n1. The van der Waals surface area contributed by atoms with Crippen LogP contribution < -0.4 is 5.32 Å². The van der Waals surface area contributed by atoms with E-state index in [1.807, 2.05) is 13.0 Å². The predicted octanol–water partition coefficient (Wildman–Crippen LogP) is 2.39. The number of non-ortho nitro benzene ring substituents is 1. The molecule has 3 aromatic rings.